The largest absolute Gasteiger partial charge is 0.378 e. The first-order valence-electron chi connectivity index (χ1n) is 5.86. The number of morpholine rings is 1. The van der Waals surface area contributed by atoms with Crippen LogP contribution in [0.1, 0.15) is 32.6 Å². The van der Waals surface area contributed by atoms with E-state index in [1.54, 1.807) is 0 Å². The van der Waals surface area contributed by atoms with Gasteiger partial charge in [0.15, 0.2) is 0 Å². The summed E-state index contributed by atoms with van der Waals surface area (Å²) in [4.78, 5) is 13.3. The molecule has 1 amide bonds. The summed E-state index contributed by atoms with van der Waals surface area (Å²) < 4.78 is 5.26. The van der Waals surface area contributed by atoms with E-state index in [1.807, 2.05) is 0 Å². The number of primary amides is 1. The number of carbonyl (C=O) groups is 1. The number of hydrogen-bond acceptors (Lipinski definition) is 3. The summed E-state index contributed by atoms with van der Waals surface area (Å²) >= 11 is 0. The van der Waals surface area contributed by atoms with Crippen LogP contribution >= 0.6 is 0 Å². The van der Waals surface area contributed by atoms with E-state index in [9.17, 15) is 4.79 Å². The van der Waals surface area contributed by atoms with E-state index in [1.165, 1.54) is 19.3 Å². The second-order valence-electron chi connectivity index (χ2n) is 4.09. The molecule has 0 aliphatic carbocycles. The standard InChI is InChI=1S/C11H22N2O2/c1-2-3-4-5-6-13-7-8-15-9-10(13)11(12)14/h10H,2-9H2,1H3,(H2,12,14). The molecule has 88 valence electrons. The first-order valence-corrected chi connectivity index (χ1v) is 5.86. The van der Waals surface area contributed by atoms with Gasteiger partial charge in [-0.05, 0) is 13.0 Å². The molecule has 1 heterocycles. The summed E-state index contributed by atoms with van der Waals surface area (Å²) in [6.07, 6.45) is 4.89. The molecule has 4 nitrogen and oxygen atoms in total. The molecule has 1 atom stereocenters. The van der Waals surface area contributed by atoms with Gasteiger partial charge in [0.1, 0.15) is 6.04 Å². The third kappa shape index (κ3) is 4.18. The lowest BCUT2D eigenvalue weighted by atomic mass is 10.1. The maximum Gasteiger partial charge on any atom is 0.237 e. The molecule has 1 aliphatic heterocycles. The maximum atomic E-state index is 11.2. The molecule has 0 aromatic heterocycles. The van der Waals surface area contributed by atoms with E-state index in [0.717, 1.165) is 26.1 Å². The van der Waals surface area contributed by atoms with Gasteiger partial charge in [0.05, 0.1) is 13.2 Å². The highest BCUT2D eigenvalue weighted by molar-refractivity contribution is 5.80. The topological polar surface area (TPSA) is 55.6 Å². The Morgan fingerprint density at radius 3 is 2.93 bits per heavy atom. The van der Waals surface area contributed by atoms with Crippen molar-refractivity contribution in [1.82, 2.24) is 4.90 Å². The Hall–Kier alpha value is -0.610. The highest BCUT2D eigenvalue weighted by Crippen LogP contribution is 2.09. The first kappa shape index (κ1) is 12.5. The number of unbranched alkanes of at least 4 members (excludes halogenated alkanes) is 3. The Morgan fingerprint density at radius 2 is 2.27 bits per heavy atom. The molecule has 1 aliphatic rings. The molecule has 2 N–H and O–H groups in total. The second-order valence-corrected chi connectivity index (χ2v) is 4.09. The zero-order chi connectivity index (χ0) is 11.1. The summed E-state index contributed by atoms with van der Waals surface area (Å²) in [5.41, 5.74) is 5.33. The van der Waals surface area contributed by atoms with Crippen molar-refractivity contribution in [1.29, 1.82) is 0 Å². The van der Waals surface area contributed by atoms with E-state index in [-0.39, 0.29) is 11.9 Å². The lowest BCUT2D eigenvalue weighted by molar-refractivity contribution is -0.129. The zero-order valence-corrected chi connectivity index (χ0v) is 9.58. The fourth-order valence-electron chi connectivity index (χ4n) is 1.91. The van der Waals surface area contributed by atoms with E-state index in [0.29, 0.717) is 6.61 Å². The Balaban J connectivity index is 2.26. The van der Waals surface area contributed by atoms with Crippen molar-refractivity contribution in [3.63, 3.8) is 0 Å². The van der Waals surface area contributed by atoms with Gasteiger partial charge in [0.2, 0.25) is 5.91 Å². The molecule has 1 rings (SSSR count). The number of nitrogens with two attached hydrogens (primary N) is 1. The minimum absolute atomic E-state index is 0.208. The van der Waals surface area contributed by atoms with Crippen molar-refractivity contribution in [3.05, 3.63) is 0 Å². The average Bonchev–Trinajstić information content (AvgIpc) is 2.25. The number of ether oxygens (including phenoxy) is 1. The van der Waals surface area contributed by atoms with Crippen molar-refractivity contribution >= 4 is 5.91 Å². The van der Waals surface area contributed by atoms with Crippen LogP contribution in [0.2, 0.25) is 0 Å². The van der Waals surface area contributed by atoms with Crippen LogP contribution in [0.15, 0.2) is 0 Å². The average molecular weight is 214 g/mol. The molecule has 0 spiro atoms. The zero-order valence-electron chi connectivity index (χ0n) is 9.58. The molecule has 0 aromatic rings. The van der Waals surface area contributed by atoms with Gasteiger partial charge < -0.3 is 10.5 Å². The third-order valence-corrected chi connectivity index (χ3v) is 2.87. The number of rotatable bonds is 6. The summed E-state index contributed by atoms with van der Waals surface area (Å²) in [6.45, 7) is 5.18. The van der Waals surface area contributed by atoms with Crippen LogP contribution in [0.25, 0.3) is 0 Å². The predicted molar refractivity (Wildman–Crippen MR) is 59.5 cm³/mol. The van der Waals surface area contributed by atoms with Crippen LogP contribution in [-0.4, -0.2) is 43.2 Å². The molecule has 1 fully saturated rings. The molecular formula is C11H22N2O2. The fraction of sp³-hybridized carbons (Fsp3) is 0.909. The lowest BCUT2D eigenvalue weighted by Gasteiger charge is -2.33. The maximum absolute atomic E-state index is 11.2. The monoisotopic (exact) mass is 214 g/mol. The van der Waals surface area contributed by atoms with Crippen LogP contribution in [0, 0.1) is 0 Å². The van der Waals surface area contributed by atoms with Crippen LogP contribution < -0.4 is 5.73 Å². The van der Waals surface area contributed by atoms with Crippen molar-refractivity contribution in [2.45, 2.75) is 38.6 Å². The highest BCUT2D eigenvalue weighted by atomic mass is 16.5. The molecule has 4 heteroatoms. The highest BCUT2D eigenvalue weighted by Gasteiger charge is 2.26. The third-order valence-electron chi connectivity index (χ3n) is 2.87. The van der Waals surface area contributed by atoms with Gasteiger partial charge in [-0.15, -0.1) is 0 Å². The van der Waals surface area contributed by atoms with Crippen LogP contribution in [0.5, 0.6) is 0 Å². The van der Waals surface area contributed by atoms with Crippen LogP contribution in [-0.2, 0) is 9.53 Å². The normalized spacial score (nSPS) is 22.9. The molecular weight excluding hydrogens is 192 g/mol. The molecule has 15 heavy (non-hydrogen) atoms. The SMILES string of the molecule is CCCCCCN1CCOCC1C(N)=O. The van der Waals surface area contributed by atoms with Crippen molar-refractivity contribution < 1.29 is 9.53 Å². The summed E-state index contributed by atoms with van der Waals surface area (Å²) in [5, 5.41) is 0. The first-order chi connectivity index (χ1) is 7.25. The molecule has 1 saturated heterocycles. The van der Waals surface area contributed by atoms with Gasteiger partial charge in [-0.2, -0.15) is 0 Å². The van der Waals surface area contributed by atoms with Crippen molar-refractivity contribution in [3.8, 4) is 0 Å². The molecule has 0 radical (unpaired) electrons. The van der Waals surface area contributed by atoms with E-state index < -0.39 is 0 Å². The Bertz CT molecular complexity index is 197. The number of hydrogen-bond donors (Lipinski definition) is 1. The minimum Gasteiger partial charge on any atom is -0.378 e. The molecule has 1 unspecified atom stereocenters. The van der Waals surface area contributed by atoms with Gasteiger partial charge >= 0.3 is 0 Å². The summed E-state index contributed by atoms with van der Waals surface area (Å²) in [7, 11) is 0. The number of nitrogens with zero attached hydrogens (tertiary/aromatic N) is 1. The molecule has 0 bridgehead atoms. The number of amides is 1. The quantitative estimate of drug-likeness (QED) is 0.664. The van der Waals surface area contributed by atoms with E-state index >= 15 is 0 Å². The van der Waals surface area contributed by atoms with E-state index in [2.05, 4.69) is 11.8 Å². The van der Waals surface area contributed by atoms with Gasteiger partial charge in [-0.25, -0.2) is 0 Å². The van der Waals surface area contributed by atoms with Crippen molar-refractivity contribution in [2.24, 2.45) is 5.73 Å². The Kier molecular flexibility index (Phi) is 5.65. The predicted octanol–water partition coefficient (Wildman–Crippen LogP) is 0.753. The second kappa shape index (κ2) is 6.80. The molecule has 0 saturated carbocycles. The van der Waals surface area contributed by atoms with Gasteiger partial charge in [0.25, 0.3) is 0 Å². The smallest absolute Gasteiger partial charge is 0.237 e. The van der Waals surface area contributed by atoms with E-state index in [4.69, 9.17) is 10.5 Å². The lowest BCUT2D eigenvalue weighted by Crippen LogP contribution is -2.52. The van der Waals surface area contributed by atoms with Gasteiger partial charge in [0, 0.05) is 6.54 Å². The van der Waals surface area contributed by atoms with Crippen molar-refractivity contribution in [2.75, 3.05) is 26.3 Å². The summed E-state index contributed by atoms with van der Waals surface area (Å²) in [5.74, 6) is -0.259. The molecule has 0 aromatic carbocycles. The Morgan fingerprint density at radius 1 is 1.47 bits per heavy atom. The van der Waals surface area contributed by atoms with Crippen LogP contribution in [0.4, 0.5) is 0 Å². The fourth-order valence-corrected chi connectivity index (χ4v) is 1.91. The van der Waals surface area contributed by atoms with Crippen LogP contribution in [0.3, 0.4) is 0 Å². The summed E-state index contributed by atoms with van der Waals surface area (Å²) in [6, 6.07) is -0.208. The number of carbonyl (C=O) groups excluding carboxylic acids is 1. The minimum atomic E-state index is -0.259. The Labute approximate surface area is 91.8 Å². The van der Waals surface area contributed by atoms with Gasteiger partial charge in [-0.3, -0.25) is 9.69 Å². The van der Waals surface area contributed by atoms with Gasteiger partial charge in [-0.1, -0.05) is 26.2 Å².